The predicted octanol–water partition coefficient (Wildman–Crippen LogP) is 2.74. The number of rotatable bonds is 8. The highest BCUT2D eigenvalue weighted by Crippen LogP contribution is 2.30. The summed E-state index contributed by atoms with van der Waals surface area (Å²) in [7, 11) is 0. The topological polar surface area (TPSA) is 122 Å². The van der Waals surface area contributed by atoms with Crippen molar-refractivity contribution in [3.8, 4) is 11.1 Å². The van der Waals surface area contributed by atoms with Crippen LogP contribution in [-0.4, -0.2) is 46.3 Å². The van der Waals surface area contributed by atoms with E-state index in [4.69, 9.17) is 0 Å². The second-order valence-corrected chi connectivity index (χ2v) is 7.03. The Hall–Kier alpha value is -3.62. The van der Waals surface area contributed by atoms with Crippen LogP contribution in [0.2, 0.25) is 0 Å². The molecule has 2 atom stereocenters. The highest BCUT2D eigenvalue weighted by Gasteiger charge is 2.31. The van der Waals surface area contributed by atoms with E-state index < -0.39 is 11.9 Å². The molecule has 2 N–H and O–H groups in total. The fraction of sp³-hybridized carbons (Fsp3) is 0.300. The first-order chi connectivity index (χ1) is 14.2. The number of aromatic amines is 1. The molecule has 0 aliphatic heterocycles. The van der Waals surface area contributed by atoms with Gasteiger partial charge >= 0.3 is 5.97 Å². The van der Waals surface area contributed by atoms with Crippen LogP contribution in [0.1, 0.15) is 37.1 Å². The van der Waals surface area contributed by atoms with E-state index in [0.29, 0.717) is 18.7 Å². The molecule has 0 unspecified atom stereocenters. The van der Waals surface area contributed by atoms with Gasteiger partial charge in [0, 0.05) is 12.1 Å². The van der Waals surface area contributed by atoms with Gasteiger partial charge in [0.15, 0.2) is 11.5 Å². The summed E-state index contributed by atoms with van der Waals surface area (Å²) in [5.41, 5.74) is 3.93. The first-order valence-electron chi connectivity index (χ1n) is 9.50. The summed E-state index contributed by atoms with van der Waals surface area (Å²) in [5.74, 6) is -1.30. The van der Waals surface area contributed by atoms with E-state index >= 15 is 0 Å². The summed E-state index contributed by atoms with van der Waals surface area (Å²) in [6, 6.07) is 12.0. The van der Waals surface area contributed by atoms with E-state index in [2.05, 4.69) is 30.8 Å². The van der Waals surface area contributed by atoms with Crippen molar-refractivity contribution >= 4 is 11.6 Å². The number of hydrogen-bond donors (Lipinski definition) is 2. The van der Waals surface area contributed by atoms with Crippen LogP contribution in [0.15, 0.2) is 48.9 Å². The smallest absolute Gasteiger partial charge is 0.307 e. The number of hydrogen-bond acceptors (Lipinski definition) is 6. The normalized spacial score (nSPS) is 13.4. The van der Waals surface area contributed by atoms with Crippen LogP contribution < -0.4 is 0 Å². The number of aromatic nitrogens is 7. The zero-order chi connectivity index (χ0) is 20.2. The fourth-order valence-corrected chi connectivity index (χ4v) is 3.63. The van der Waals surface area contributed by atoms with Crippen LogP contribution in [0.3, 0.4) is 0 Å². The summed E-state index contributed by atoms with van der Waals surface area (Å²) in [4.78, 5) is 11.8. The second-order valence-electron chi connectivity index (χ2n) is 7.03. The number of carboxylic acids is 1. The lowest BCUT2D eigenvalue weighted by atomic mass is 9.83. The van der Waals surface area contributed by atoms with Gasteiger partial charge in [-0.25, -0.2) is 0 Å². The van der Waals surface area contributed by atoms with Crippen molar-refractivity contribution in [3.05, 3.63) is 60.3 Å². The quantitative estimate of drug-likeness (QED) is 0.473. The molecular formula is C20H21N7O2. The van der Waals surface area contributed by atoms with E-state index in [1.807, 2.05) is 53.9 Å². The molecular weight excluding hydrogens is 370 g/mol. The first kappa shape index (κ1) is 18.7. The molecule has 0 aliphatic rings. The van der Waals surface area contributed by atoms with Crippen molar-refractivity contribution in [2.45, 2.75) is 32.1 Å². The second kappa shape index (κ2) is 8.17. The minimum atomic E-state index is -0.833. The van der Waals surface area contributed by atoms with E-state index in [9.17, 15) is 9.90 Å². The van der Waals surface area contributed by atoms with Crippen molar-refractivity contribution in [2.75, 3.05) is 0 Å². The Morgan fingerprint density at radius 3 is 2.62 bits per heavy atom. The monoisotopic (exact) mass is 391 g/mol. The lowest BCUT2D eigenvalue weighted by Gasteiger charge is -2.21. The van der Waals surface area contributed by atoms with Gasteiger partial charge in [0.25, 0.3) is 0 Å². The average Bonchev–Trinajstić information content (AvgIpc) is 3.42. The van der Waals surface area contributed by atoms with Gasteiger partial charge in [-0.05, 0) is 41.7 Å². The largest absolute Gasteiger partial charge is 0.481 e. The molecule has 0 spiro atoms. The summed E-state index contributed by atoms with van der Waals surface area (Å²) in [5, 5.41) is 31.8. The molecule has 9 heteroatoms. The predicted molar refractivity (Wildman–Crippen MR) is 105 cm³/mol. The summed E-state index contributed by atoms with van der Waals surface area (Å²) in [6.07, 6.45) is 5.51. The number of aliphatic carboxylic acids is 1. The van der Waals surface area contributed by atoms with Crippen LogP contribution in [0.4, 0.5) is 0 Å². The first-order valence-corrected chi connectivity index (χ1v) is 9.50. The Labute approximate surface area is 166 Å². The number of carboxylic acid groups (broad SMARTS) is 1. The van der Waals surface area contributed by atoms with Crippen LogP contribution in [0.5, 0.6) is 0 Å². The number of benzene rings is 1. The Morgan fingerprint density at radius 1 is 1.14 bits per heavy atom. The number of H-pyrrole nitrogens is 1. The molecule has 3 aromatic heterocycles. The molecule has 0 bridgehead atoms. The van der Waals surface area contributed by atoms with Gasteiger partial charge in [-0.2, -0.15) is 5.21 Å². The molecule has 4 rings (SSSR count). The van der Waals surface area contributed by atoms with Gasteiger partial charge < -0.3 is 5.11 Å². The molecule has 0 saturated heterocycles. The molecule has 0 saturated carbocycles. The number of nitrogens with zero attached hydrogens (tertiary/aromatic N) is 6. The molecule has 1 aromatic carbocycles. The molecule has 148 valence electrons. The van der Waals surface area contributed by atoms with Gasteiger partial charge in [-0.1, -0.05) is 42.8 Å². The lowest BCUT2D eigenvalue weighted by molar-refractivity contribution is -0.142. The Balaban J connectivity index is 1.58. The molecule has 4 aromatic rings. The Morgan fingerprint density at radius 2 is 1.93 bits per heavy atom. The highest BCUT2D eigenvalue weighted by molar-refractivity contribution is 5.71. The van der Waals surface area contributed by atoms with E-state index in [0.717, 1.165) is 28.8 Å². The van der Waals surface area contributed by atoms with Crippen molar-refractivity contribution in [1.82, 2.24) is 35.2 Å². The number of fused-ring (bicyclic) bond motifs is 1. The Kier molecular flexibility index (Phi) is 5.28. The van der Waals surface area contributed by atoms with Gasteiger partial charge in [-0.15, -0.1) is 20.4 Å². The lowest BCUT2D eigenvalue weighted by Crippen LogP contribution is -2.25. The fourth-order valence-electron chi connectivity index (χ4n) is 3.63. The van der Waals surface area contributed by atoms with Crippen molar-refractivity contribution < 1.29 is 9.90 Å². The Bertz CT molecular complexity index is 1090. The maximum absolute atomic E-state index is 11.8. The summed E-state index contributed by atoms with van der Waals surface area (Å²) >= 11 is 0. The van der Waals surface area contributed by atoms with E-state index in [1.54, 1.807) is 6.33 Å². The zero-order valence-electron chi connectivity index (χ0n) is 15.9. The standard InChI is InChI=1S/C20H21N7O2/c1-2-3-16(20(28)29)17(19-23-25-26-24-19)10-13-4-6-14(7-5-13)15-8-9-18-22-21-12-27(18)11-15/h4-9,11-12,16-17H,2-3,10H2,1H3,(H,28,29)(H,23,24,25,26)/t16-,17-/m0/s1. The molecule has 0 radical (unpaired) electrons. The summed E-state index contributed by atoms with van der Waals surface area (Å²) in [6.45, 7) is 1.98. The minimum Gasteiger partial charge on any atom is -0.481 e. The van der Waals surface area contributed by atoms with Gasteiger partial charge in [0.05, 0.1) is 5.92 Å². The summed E-state index contributed by atoms with van der Waals surface area (Å²) < 4.78 is 1.87. The van der Waals surface area contributed by atoms with Crippen molar-refractivity contribution in [1.29, 1.82) is 0 Å². The van der Waals surface area contributed by atoms with E-state index in [-0.39, 0.29) is 5.92 Å². The van der Waals surface area contributed by atoms with Crippen LogP contribution in [0, 0.1) is 5.92 Å². The van der Waals surface area contributed by atoms with E-state index in [1.165, 1.54) is 0 Å². The number of tetrazole rings is 1. The zero-order valence-corrected chi connectivity index (χ0v) is 15.9. The van der Waals surface area contributed by atoms with Crippen molar-refractivity contribution in [2.24, 2.45) is 5.92 Å². The third-order valence-corrected chi connectivity index (χ3v) is 5.13. The minimum absolute atomic E-state index is 0.342. The SMILES string of the molecule is CCC[C@H](C(=O)O)[C@H](Cc1ccc(-c2ccc3nncn3c2)cc1)c1nn[nH]n1. The number of carbonyl (C=O) groups is 1. The molecule has 0 aliphatic carbocycles. The van der Waals surface area contributed by atoms with Gasteiger partial charge in [-0.3, -0.25) is 9.20 Å². The maximum atomic E-state index is 11.8. The van der Waals surface area contributed by atoms with Crippen LogP contribution in [-0.2, 0) is 11.2 Å². The molecule has 29 heavy (non-hydrogen) atoms. The third kappa shape index (κ3) is 3.98. The number of nitrogens with one attached hydrogen (secondary N) is 1. The van der Waals surface area contributed by atoms with Gasteiger partial charge in [0.1, 0.15) is 6.33 Å². The third-order valence-electron chi connectivity index (χ3n) is 5.13. The average molecular weight is 391 g/mol. The van der Waals surface area contributed by atoms with Crippen molar-refractivity contribution in [3.63, 3.8) is 0 Å². The molecule has 9 nitrogen and oxygen atoms in total. The maximum Gasteiger partial charge on any atom is 0.307 e. The number of pyridine rings is 1. The molecule has 0 amide bonds. The highest BCUT2D eigenvalue weighted by atomic mass is 16.4. The van der Waals surface area contributed by atoms with Gasteiger partial charge in [0.2, 0.25) is 0 Å². The van der Waals surface area contributed by atoms with Crippen LogP contribution >= 0.6 is 0 Å². The molecule has 3 heterocycles. The molecule has 0 fully saturated rings. The van der Waals surface area contributed by atoms with Crippen LogP contribution in [0.25, 0.3) is 16.8 Å².